The van der Waals surface area contributed by atoms with Gasteiger partial charge in [0, 0.05) is 5.56 Å². The lowest BCUT2D eigenvalue weighted by atomic mass is 9.98. The fourth-order valence-corrected chi connectivity index (χ4v) is 1.89. The van der Waals surface area contributed by atoms with Gasteiger partial charge < -0.3 is 10.5 Å². The van der Waals surface area contributed by atoms with E-state index in [9.17, 15) is 22.0 Å². The maximum Gasteiger partial charge on any atom is 0.458 e. The predicted molar refractivity (Wildman–Crippen MR) is 73.7 cm³/mol. The lowest BCUT2D eigenvalue weighted by Gasteiger charge is -2.21. The number of rotatable bonds is 7. The van der Waals surface area contributed by atoms with Crippen molar-refractivity contribution in [2.45, 2.75) is 38.5 Å². The summed E-state index contributed by atoms with van der Waals surface area (Å²) in [5.74, 6) is -4.86. The summed E-state index contributed by atoms with van der Waals surface area (Å²) in [5, 5.41) is 0. The SMILES string of the molecule is CC(C)OCC(CN)Cc1ccc(C(F)(F)C(F)(F)F)cc1. The first-order valence-electron chi connectivity index (χ1n) is 6.93. The van der Waals surface area contributed by atoms with E-state index in [1.54, 1.807) is 0 Å². The molecule has 1 aromatic carbocycles. The monoisotopic (exact) mass is 325 g/mol. The maximum atomic E-state index is 13.2. The Labute approximate surface area is 126 Å². The molecule has 0 bridgehead atoms. The van der Waals surface area contributed by atoms with E-state index in [1.807, 2.05) is 13.8 Å². The van der Waals surface area contributed by atoms with Gasteiger partial charge in [0.1, 0.15) is 0 Å². The van der Waals surface area contributed by atoms with Gasteiger partial charge in [-0.25, -0.2) is 0 Å². The van der Waals surface area contributed by atoms with E-state index >= 15 is 0 Å². The molecule has 0 saturated heterocycles. The van der Waals surface area contributed by atoms with E-state index in [0.29, 0.717) is 25.1 Å². The fraction of sp³-hybridized carbons (Fsp3) is 0.600. The van der Waals surface area contributed by atoms with E-state index < -0.39 is 17.7 Å². The molecule has 22 heavy (non-hydrogen) atoms. The Morgan fingerprint density at radius 1 is 1.05 bits per heavy atom. The lowest BCUT2D eigenvalue weighted by molar-refractivity contribution is -0.289. The van der Waals surface area contributed by atoms with Crippen molar-refractivity contribution < 1.29 is 26.7 Å². The van der Waals surface area contributed by atoms with Crippen molar-refractivity contribution in [1.82, 2.24) is 0 Å². The second kappa shape index (κ2) is 7.37. The molecule has 1 atom stereocenters. The van der Waals surface area contributed by atoms with Crippen molar-refractivity contribution in [2.75, 3.05) is 13.2 Å². The van der Waals surface area contributed by atoms with Gasteiger partial charge in [0.25, 0.3) is 0 Å². The van der Waals surface area contributed by atoms with Crippen LogP contribution in [0.3, 0.4) is 0 Å². The second-order valence-electron chi connectivity index (χ2n) is 5.46. The zero-order valence-corrected chi connectivity index (χ0v) is 12.5. The summed E-state index contributed by atoms with van der Waals surface area (Å²) in [6.45, 7) is 4.50. The molecule has 1 unspecified atom stereocenters. The van der Waals surface area contributed by atoms with Crippen molar-refractivity contribution in [3.05, 3.63) is 35.4 Å². The second-order valence-corrected chi connectivity index (χ2v) is 5.46. The first-order valence-corrected chi connectivity index (χ1v) is 6.93. The van der Waals surface area contributed by atoms with Crippen molar-refractivity contribution in [2.24, 2.45) is 11.7 Å². The third-order valence-electron chi connectivity index (χ3n) is 3.20. The topological polar surface area (TPSA) is 35.2 Å². The molecule has 0 aliphatic carbocycles. The zero-order chi connectivity index (χ0) is 17.0. The number of alkyl halides is 5. The quantitative estimate of drug-likeness (QED) is 0.772. The van der Waals surface area contributed by atoms with Crippen LogP contribution >= 0.6 is 0 Å². The van der Waals surface area contributed by atoms with Gasteiger partial charge >= 0.3 is 12.1 Å². The predicted octanol–water partition coefficient (Wildman–Crippen LogP) is 3.88. The third-order valence-corrected chi connectivity index (χ3v) is 3.20. The molecule has 0 saturated carbocycles. The Bertz CT molecular complexity index is 456. The Morgan fingerprint density at radius 3 is 2.00 bits per heavy atom. The molecule has 0 spiro atoms. The summed E-state index contributed by atoms with van der Waals surface area (Å²) in [4.78, 5) is 0. The van der Waals surface area contributed by atoms with Gasteiger partial charge in [0.15, 0.2) is 0 Å². The minimum Gasteiger partial charge on any atom is -0.378 e. The Hall–Kier alpha value is -1.21. The summed E-state index contributed by atoms with van der Waals surface area (Å²) in [6.07, 6.45) is -5.09. The Balaban J connectivity index is 2.76. The van der Waals surface area contributed by atoms with Crippen LogP contribution < -0.4 is 5.73 Å². The molecular formula is C15H20F5NO. The molecule has 7 heteroatoms. The number of hydrogen-bond donors (Lipinski definition) is 1. The van der Waals surface area contributed by atoms with Crippen molar-refractivity contribution in [1.29, 1.82) is 0 Å². The van der Waals surface area contributed by atoms with Crippen molar-refractivity contribution in [3.63, 3.8) is 0 Å². The van der Waals surface area contributed by atoms with Gasteiger partial charge in [0.05, 0.1) is 12.7 Å². The van der Waals surface area contributed by atoms with Crippen LogP contribution in [0.2, 0.25) is 0 Å². The van der Waals surface area contributed by atoms with E-state index in [2.05, 4.69) is 0 Å². The highest BCUT2D eigenvalue weighted by Crippen LogP contribution is 2.43. The highest BCUT2D eigenvalue weighted by atomic mass is 19.4. The smallest absolute Gasteiger partial charge is 0.378 e. The number of benzene rings is 1. The molecule has 0 radical (unpaired) electrons. The van der Waals surface area contributed by atoms with Gasteiger partial charge in [-0.3, -0.25) is 0 Å². The molecule has 2 nitrogen and oxygen atoms in total. The van der Waals surface area contributed by atoms with Crippen LogP contribution in [0.4, 0.5) is 22.0 Å². The van der Waals surface area contributed by atoms with Crippen molar-refractivity contribution in [3.8, 4) is 0 Å². The Kier molecular flexibility index (Phi) is 6.31. The van der Waals surface area contributed by atoms with Crippen LogP contribution in [0.5, 0.6) is 0 Å². The number of ether oxygens (including phenoxy) is 1. The van der Waals surface area contributed by atoms with Crippen LogP contribution in [0.1, 0.15) is 25.0 Å². The minimum absolute atomic E-state index is 0.0172. The average Bonchev–Trinajstić information content (AvgIpc) is 2.42. The van der Waals surface area contributed by atoms with Gasteiger partial charge in [0.2, 0.25) is 0 Å². The van der Waals surface area contributed by atoms with E-state index in [1.165, 1.54) is 12.1 Å². The molecule has 1 aromatic rings. The van der Waals surface area contributed by atoms with Crippen LogP contribution in [-0.2, 0) is 17.1 Å². The Morgan fingerprint density at radius 2 is 1.59 bits per heavy atom. The van der Waals surface area contributed by atoms with Crippen LogP contribution in [0, 0.1) is 5.92 Å². The van der Waals surface area contributed by atoms with Gasteiger partial charge in [-0.15, -0.1) is 0 Å². The highest BCUT2D eigenvalue weighted by molar-refractivity contribution is 5.27. The number of hydrogen-bond acceptors (Lipinski definition) is 2. The van der Waals surface area contributed by atoms with Crippen LogP contribution in [-0.4, -0.2) is 25.4 Å². The minimum atomic E-state index is -5.60. The highest BCUT2D eigenvalue weighted by Gasteiger charge is 2.58. The summed E-state index contributed by atoms with van der Waals surface area (Å²) in [7, 11) is 0. The summed E-state index contributed by atoms with van der Waals surface area (Å²) in [6, 6.07) is 4.15. The van der Waals surface area contributed by atoms with E-state index in [0.717, 1.165) is 12.1 Å². The molecule has 0 amide bonds. The third kappa shape index (κ3) is 4.91. The molecule has 0 fully saturated rings. The molecule has 0 aromatic heterocycles. The number of nitrogens with two attached hydrogens (primary N) is 1. The molecule has 0 aliphatic rings. The standard InChI is InChI=1S/C15H20F5NO/c1-10(2)22-9-12(8-21)7-11-3-5-13(6-4-11)14(16,17)15(18,19)20/h3-6,10,12H,7-9,21H2,1-2H3. The van der Waals surface area contributed by atoms with Gasteiger partial charge in [-0.05, 0) is 38.3 Å². The number of halogens is 5. The summed E-state index contributed by atoms with van der Waals surface area (Å²) in [5.41, 5.74) is 5.19. The van der Waals surface area contributed by atoms with E-state index in [-0.39, 0.29) is 12.0 Å². The van der Waals surface area contributed by atoms with Crippen LogP contribution in [0.15, 0.2) is 24.3 Å². The molecule has 126 valence electrons. The van der Waals surface area contributed by atoms with Crippen LogP contribution in [0.25, 0.3) is 0 Å². The normalized spacial score (nSPS) is 14.4. The summed E-state index contributed by atoms with van der Waals surface area (Å²) >= 11 is 0. The molecular weight excluding hydrogens is 305 g/mol. The summed E-state index contributed by atoms with van der Waals surface area (Å²) < 4.78 is 68.6. The molecule has 0 heterocycles. The molecule has 2 N–H and O–H groups in total. The molecule has 1 rings (SSSR count). The van der Waals surface area contributed by atoms with E-state index in [4.69, 9.17) is 10.5 Å². The average molecular weight is 325 g/mol. The van der Waals surface area contributed by atoms with Crippen molar-refractivity contribution >= 4 is 0 Å². The maximum absolute atomic E-state index is 13.2. The largest absolute Gasteiger partial charge is 0.458 e. The lowest BCUT2D eigenvalue weighted by Crippen LogP contribution is -2.33. The fourth-order valence-electron chi connectivity index (χ4n) is 1.89. The van der Waals surface area contributed by atoms with Gasteiger partial charge in [-0.2, -0.15) is 22.0 Å². The first-order chi connectivity index (χ1) is 10.1. The zero-order valence-electron chi connectivity index (χ0n) is 12.5. The first kappa shape index (κ1) is 18.8. The van der Waals surface area contributed by atoms with Gasteiger partial charge in [-0.1, -0.05) is 24.3 Å². The molecule has 0 aliphatic heterocycles.